The first-order valence-electron chi connectivity index (χ1n) is 7.90. The molecule has 0 spiro atoms. The lowest BCUT2D eigenvalue weighted by Crippen LogP contribution is -2.39. The Morgan fingerprint density at radius 2 is 1.67 bits per heavy atom. The Kier molecular flexibility index (Phi) is 3.93. The first-order chi connectivity index (χ1) is 9.86. The molecule has 3 aliphatic rings. The van der Waals surface area contributed by atoms with E-state index >= 15 is 0 Å². The molecule has 3 fully saturated rings. The Labute approximate surface area is 122 Å². The van der Waals surface area contributed by atoms with Gasteiger partial charge < -0.3 is 10.0 Å². The molecule has 21 heavy (non-hydrogen) atoms. The highest BCUT2D eigenvalue weighted by molar-refractivity contribution is 5.79. The van der Waals surface area contributed by atoms with E-state index in [2.05, 4.69) is 0 Å². The maximum atomic E-state index is 12.6. The van der Waals surface area contributed by atoms with E-state index in [0.717, 1.165) is 12.8 Å². The summed E-state index contributed by atoms with van der Waals surface area (Å²) in [4.78, 5) is 14.2. The number of fused-ring (bicyclic) bond motifs is 1. The summed E-state index contributed by atoms with van der Waals surface area (Å²) in [7, 11) is 0. The van der Waals surface area contributed by atoms with Gasteiger partial charge in [0.05, 0.1) is 12.0 Å². The average Bonchev–Trinajstić information content (AvgIpc) is 3.00. The molecular weight excluding hydrogens is 283 g/mol. The minimum atomic E-state index is -4.12. The summed E-state index contributed by atoms with van der Waals surface area (Å²) in [5.41, 5.74) is 0. The molecule has 120 valence electrons. The van der Waals surface area contributed by atoms with E-state index in [1.807, 2.05) is 0 Å². The van der Waals surface area contributed by atoms with Crippen molar-refractivity contribution in [3.05, 3.63) is 0 Å². The molecule has 0 aromatic carbocycles. The number of rotatable bonds is 1. The van der Waals surface area contributed by atoms with Gasteiger partial charge in [-0.2, -0.15) is 13.2 Å². The van der Waals surface area contributed by atoms with E-state index in [1.54, 1.807) is 4.90 Å². The Hall–Kier alpha value is -0.780. The number of alkyl halides is 3. The zero-order chi connectivity index (χ0) is 15.2. The number of halogens is 3. The fourth-order valence-electron chi connectivity index (χ4n) is 4.34. The third-order valence-electron chi connectivity index (χ3n) is 5.67. The van der Waals surface area contributed by atoms with Crippen molar-refractivity contribution in [1.29, 1.82) is 0 Å². The van der Waals surface area contributed by atoms with Crippen LogP contribution in [0, 0.1) is 23.7 Å². The third-order valence-corrected chi connectivity index (χ3v) is 5.67. The minimum Gasteiger partial charge on any atom is -0.393 e. The molecule has 1 heterocycles. The SMILES string of the molecule is O=C(C1CCC(C(F)(F)F)CC1)N1CC2CCC(O)C2C1. The molecule has 0 aromatic heterocycles. The normalized spacial score (nSPS) is 40.4. The molecule has 1 N–H and O–H groups in total. The summed E-state index contributed by atoms with van der Waals surface area (Å²) in [6.07, 6.45) is -1.83. The number of aliphatic hydroxyl groups is 1. The van der Waals surface area contributed by atoms with Gasteiger partial charge in [-0.1, -0.05) is 0 Å². The average molecular weight is 305 g/mol. The molecule has 0 bridgehead atoms. The van der Waals surface area contributed by atoms with Crippen molar-refractivity contribution in [2.45, 2.75) is 50.8 Å². The number of carbonyl (C=O) groups is 1. The van der Waals surface area contributed by atoms with Gasteiger partial charge in [0, 0.05) is 24.9 Å². The summed E-state index contributed by atoms with van der Waals surface area (Å²) in [6.45, 7) is 1.27. The van der Waals surface area contributed by atoms with Crippen molar-refractivity contribution in [2.75, 3.05) is 13.1 Å². The van der Waals surface area contributed by atoms with Crippen molar-refractivity contribution < 1.29 is 23.1 Å². The van der Waals surface area contributed by atoms with Gasteiger partial charge in [-0.3, -0.25) is 4.79 Å². The molecule has 3 atom stereocenters. The van der Waals surface area contributed by atoms with Gasteiger partial charge in [0.2, 0.25) is 5.91 Å². The Bertz CT molecular complexity index is 404. The van der Waals surface area contributed by atoms with Crippen molar-refractivity contribution in [3.63, 3.8) is 0 Å². The van der Waals surface area contributed by atoms with Crippen molar-refractivity contribution in [1.82, 2.24) is 4.90 Å². The minimum absolute atomic E-state index is 0.0113. The Balaban J connectivity index is 1.54. The van der Waals surface area contributed by atoms with Gasteiger partial charge in [0.1, 0.15) is 0 Å². The van der Waals surface area contributed by atoms with Gasteiger partial charge in [0.15, 0.2) is 0 Å². The highest BCUT2D eigenvalue weighted by Crippen LogP contribution is 2.42. The first kappa shape index (κ1) is 15.1. The number of aliphatic hydroxyl groups excluding tert-OH is 1. The second-order valence-electron chi connectivity index (χ2n) is 6.90. The molecule has 3 nitrogen and oxygen atoms in total. The molecule has 1 amide bonds. The largest absolute Gasteiger partial charge is 0.393 e. The van der Waals surface area contributed by atoms with E-state index in [4.69, 9.17) is 0 Å². The van der Waals surface area contributed by atoms with Crippen LogP contribution < -0.4 is 0 Å². The van der Waals surface area contributed by atoms with Crippen LogP contribution in [0.15, 0.2) is 0 Å². The molecule has 6 heteroatoms. The van der Waals surface area contributed by atoms with E-state index in [-0.39, 0.29) is 36.7 Å². The van der Waals surface area contributed by atoms with E-state index in [1.165, 1.54) is 0 Å². The smallest absolute Gasteiger partial charge is 0.391 e. The lowest BCUT2D eigenvalue weighted by Gasteiger charge is -2.31. The van der Waals surface area contributed by atoms with Crippen LogP contribution in [0.4, 0.5) is 13.2 Å². The van der Waals surface area contributed by atoms with Crippen LogP contribution in [0.2, 0.25) is 0 Å². The highest BCUT2D eigenvalue weighted by Gasteiger charge is 2.46. The van der Waals surface area contributed by atoms with Gasteiger partial charge in [-0.25, -0.2) is 0 Å². The predicted octanol–water partition coefficient (Wildman–Crippen LogP) is 2.58. The molecule has 0 radical (unpaired) electrons. The van der Waals surface area contributed by atoms with Crippen LogP contribution in [0.25, 0.3) is 0 Å². The summed E-state index contributed by atoms with van der Waals surface area (Å²) in [5.74, 6) is -0.908. The quantitative estimate of drug-likeness (QED) is 0.809. The highest BCUT2D eigenvalue weighted by atomic mass is 19.4. The van der Waals surface area contributed by atoms with Crippen LogP contribution in [0.3, 0.4) is 0 Å². The monoisotopic (exact) mass is 305 g/mol. The van der Waals surface area contributed by atoms with E-state index in [0.29, 0.717) is 31.8 Å². The predicted molar refractivity (Wildman–Crippen MR) is 70.3 cm³/mol. The fraction of sp³-hybridized carbons (Fsp3) is 0.933. The second-order valence-corrected chi connectivity index (χ2v) is 6.90. The van der Waals surface area contributed by atoms with Gasteiger partial charge in [-0.05, 0) is 44.4 Å². The van der Waals surface area contributed by atoms with E-state index in [9.17, 15) is 23.1 Å². The molecule has 3 unspecified atom stereocenters. The maximum Gasteiger partial charge on any atom is 0.391 e. The maximum absolute atomic E-state index is 12.6. The zero-order valence-electron chi connectivity index (χ0n) is 12.0. The number of nitrogens with zero attached hydrogens (tertiary/aromatic N) is 1. The fourth-order valence-corrected chi connectivity index (χ4v) is 4.34. The Morgan fingerprint density at radius 3 is 2.24 bits per heavy atom. The van der Waals surface area contributed by atoms with Gasteiger partial charge in [-0.15, -0.1) is 0 Å². The van der Waals surface area contributed by atoms with E-state index < -0.39 is 12.1 Å². The lowest BCUT2D eigenvalue weighted by atomic mass is 9.81. The summed E-state index contributed by atoms with van der Waals surface area (Å²) < 4.78 is 37.9. The molecule has 3 rings (SSSR count). The number of likely N-dealkylation sites (tertiary alicyclic amines) is 1. The van der Waals surface area contributed by atoms with Crippen LogP contribution in [-0.2, 0) is 4.79 Å². The summed E-state index contributed by atoms with van der Waals surface area (Å²) >= 11 is 0. The standard InChI is InChI=1S/C15H22F3NO2/c16-15(17,18)11-4-1-9(2-5-11)14(21)19-7-10-3-6-13(20)12(10)8-19/h9-13,20H,1-8H2. The number of hydrogen-bond donors (Lipinski definition) is 1. The Morgan fingerprint density at radius 1 is 1.00 bits per heavy atom. The van der Waals surface area contributed by atoms with Crippen molar-refractivity contribution >= 4 is 5.91 Å². The summed E-state index contributed by atoms with van der Waals surface area (Å²) in [5, 5.41) is 9.87. The second kappa shape index (κ2) is 5.45. The molecule has 1 saturated heterocycles. The van der Waals surface area contributed by atoms with Crippen LogP contribution in [-0.4, -0.2) is 41.3 Å². The van der Waals surface area contributed by atoms with Crippen LogP contribution in [0.1, 0.15) is 38.5 Å². The number of amides is 1. The molecular formula is C15H22F3NO2. The molecule has 2 aliphatic carbocycles. The topological polar surface area (TPSA) is 40.5 Å². The van der Waals surface area contributed by atoms with Gasteiger partial charge in [0.25, 0.3) is 0 Å². The summed E-state index contributed by atoms with van der Waals surface area (Å²) in [6, 6.07) is 0. The van der Waals surface area contributed by atoms with Crippen molar-refractivity contribution in [2.24, 2.45) is 23.7 Å². The van der Waals surface area contributed by atoms with Gasteiger partial charge >= 0.3 is 6.18 Å². The molecule has 0 aromatic rings. The third kappa shape index (κ3) is 2.91. The number of hydrogen-bond acceptors (Lipinski definition) is 2. The van der Waals surface area contributed by atoms with Crippen LogP contribution >= 0.6 is 0 Å². The zero-order valence-corrected chi connectivity index (χ0v) is 12.0. The molecule has 2 saturated carbocycles. The molecule has 1 aliphatic heterocycles. The number of carbonyl (C=O) groups excluding carboxylic acids is 1. The van der Waals surface area contributed by atoms with Crippen LogP contribution in [0.5, 0.6) is 0 Å². The first-order valence-corrected chi connectivity index (χ1v) is 7.90. The van der Waals surface area contributed by atoms with Crippen molar-refractivity contribution in [3.8, 4) is 0 Å². The lowest BCUT2D eigenvalue weighted by molar-refractivity contribution is -0.185.